The minimum Gasteiger partial charge on any atom is -0.373 e. The summed E-state index contributed by atoms with van der Waals surface area (Å²) in [6, 6.07) is 10.3. The molecule has 0 radical (unpaired) electrons. The van der Waals surface area contributed by atoms with Gasteiger partial charge in [0.1, 0.15) is 10.7 Å². The highest BCUT2D eigenvalue weighted by molar-refractivity contribution is 7.89. The lowest BCUT2D eigenvalue weighted by Gasteiger charge is -2.18. The fourth-order valence-corrected chi connectivity index (χ4v) is 3.10. The predicted octanol–water partition coefficient (Wildman–Crippen LogP) is 2.60. The highest BCUT2D eigenvalue weighted by Crippen LogP contribution is 2.21. The average Bonchev–Trinajstić information content (AvgIpc) is 2.49. The van der Waals surface area contributed by atoms with Crippen LogP contribution in [0.25, 0.3) is 0 Å². The Bertz CT molecular complexity index is 717. The van der Waals surface area contributed by atoms with Gasteiger partial charge in [-0.15, -0.1) is 0 Å². The molecule has 21 heavy (non-hydrogen) atoms. The van der Waals surface area contributed by atoms with E-state index in [0.29, 0.717) is 10.8 Å². The third-order valence-electron chi connectivity index (χ3n) is 3.05. The van der Waals surface area contributed by atoms with Gasteiger partial charge in [-0.05, 0) is 23.8 Å². The quantitative estimate of drug-likeness (QED) is 0.918. The van der Waals surface area contributed by atoms with Gasteiger partial charge in [-0.1, -0.05) is 29.8 Å². The Morgan fingerprint density at radius 1 is 1.24 bits per heavy atom. The molecule has 0 fully saturated rings. The third-order valence-corrected chi connectivity index (χ3v) is 5.21. The zero-order valence-corrected chi connectivity index (χ0v) is 13.3. The molecular formula is C14H16ClN3O2S. The van der Waals surface area contributed by atoms with Crippen LogP contribution in [0.1, 0.15) is 5.56 Å². The Morgan fingerprint density at radius 2 is 1.95 bits per heavy atom. The maximum absolute atomic E-state index is 12.5. The number of hydrogen-bond acceptors (Lipinski definition) is 4. The summed E-state index contributed by atoms with van der Waals surface area (Å²) in [5, 5.41) is 3.39. The summed E-state index contributed by atoms with van der Waals surface area (Å²) in [4.78, 5) is 4.18. The van der Waals surface area contributed by atoms with E-state index >= 15 is 0 Å². The van der Waals surface area contributed by atoms with E-state index in [-0.39, 0.29) is 11.4 Å². The number of sulfonamides is 1. The van der Waals surface area contributed by atoms with E-state index in [0.717, 1.165) is 5.56 Å². The molecule has 0 aliphatic carbocycles. The van der Waals surface area contributed by atoms with Gasteiger partial charge >= 0.3 is 0 Å². The average molecular weight is 326 g/mol. The second-order valence-electron chi connectivity index (χ2n) is 4.48. The number of benzene rings is 1. The van der Waals surface area contributed by atoms with E-state index in [1.807, 2.05) is 6.07 Å². The number of halogens is 1. The Morgan fingerprint density at radius 3 is 2.52 bits per heavy atom. The first kappa shape index (κ1) is 15.8. The molecule has 2 rings (SSSR count). The van der Waals surface area contributed by atoms with Gasteiger partial charge in [-0.3, -0.25) is 0 Å². The van der Waals surface area contributed by atoms with Crippen LogP contribution in [-0.4, -0.2) is 31.8 Å². The number of hydrogen-bond donors (Lipinski definition) is 1. The highest BCUT2D eigenvalue weighted by atomic mass is 35.5. The van der Waals surface area contributed by atoms with Crippen LogP contribution in [0, 0.1) is 0 Å². The van der Waals surface area contributed by atoms with Gasteiger partial charge in [-0.2, -0.15) is 4.31 Å². The zero-order chi connectivity index (χ0) is 15.5. The Hall–Kier alpha value is -1.63. The Labute approximate surface area is 129 Å². The van der Waals surface area contributed by atoms with Crippen LogP contribution in [0.5, 0.6) is 0 Å². The largest absolute Gasteiger partial charge is 0.373 e. The van der Waals surface area contributed by atoms with Crippen molar-refractivity contribution in [3.05, 3.63) is 53.2 Å². The summed E-state index contributed by atoms with van der Waals surface area (Å²) in [6.45, 7) is 0.204. The van der Waals surface area contributed by atoms with Crippen molar-refractivity contribution in [3.8, 4) is 0 Å². The number of rotatable bonds is 5. The summed E-state index contributed by atoms with van der Waals surface area (Å²) in [7, 11) is -0.354. The molecule has 0 aliphatic heterocycles. The van der Waals surface area contributed by atoms with Crippen molar-refractivity contribution in [1.82, 2.24) is 9.29 Å². The second kappa shape index (κ2) is 6.43. The molecule has 0 atom stereocenters. The van der Waals surface area contributed by atoms with Crippen molar-refractivity contribution >= 4 is 27.4 Å². The molecule has 0 amide bonds. The van der Waals surface area contributed by atoms with Gasteiger partial charge < -0.3 is 5.32 Å². The molecule has 2 aromatic rings. The lowest BCUT2D eigenvalue weighted by atomic mass is 10.2. The number of anilines is 1. The predicted molar refractivity (Wildman–Crippen MR) is 83.9 cm³/mol. The van der Waals surface area contributed by atoms with Crippen molar-refractivity contribution in [1.29, 1.82) is 0 Å². The van der Waals surface area contributed by atoms with E-state index in [2.05, 4.69) is 10.3 Å². The van der Waals surface area contributed by atoms with Crippen molar-refractivity contribution in [2.45, 2.75) is 11.4 Å². The van der Waals surface area contributed by atoms with E-state index in [1.165, 1.54) is 23.6 Å². The van der Waals surface area contributed by atoms with Crippen molar-refractivity contribution < 1.29 is 8.42 Å². The number of aromatic nitrogens is 1. The molecule has 0 unspecified atom stereocenters. The molecule has 0 saturated carbocycles. The lowest BCUT2D eigenvalue weighted by Crippen LogP contribution is -2.26. The monoisotopic (exact) mass is 325 g/mol. The minimum absolute atomic E-state index is 0.149. The van der Waals surface area contributed by atoms with Crippen molar-refractivity contribution in [3.63, 3.8) is 0 Å². The molecule has 7 heteroatoms. The van der Waals surface area contributed by atoms with Crippen LogP contribution >= 0.6 is 11.6 Å². The van der Waals surface area contributed by atoms with Crippen LogP contribution in [0.15, 0.2) is 47.5 Å². The van der Waals surface area contributed by atoms with Gasteiger partial charge in [-0.25, -0.2) is 13.4 Å². The maximum Gasteiger partial charge on any atom is 0.244 e. The second-order valence-corrected chi connectivity index (χ2v) is 6.93. The van der Waals surface area contributed by atoms with E-state index in [4.69, 9.17) is 11.6 Å². The van der Waals surface area contributed by atoms with Gasteiger partial charge in [0.2, 0.25) is 10.0 Å². The fourth-order valence-electron chi connectivity index (χ4n) is 1.81. The molecule has 1 N–H and O–H groups in total. The molecule has 1 heterocycles. The van der Waals surface area contributed by atoms with Crippen molar-refractivity contribution in [2.24, 2.45) is 0 Å². The van der Waals surface area contributed by atoms with Crippen LogP contribution < -0.4 is 5.32 Å². The molecule has 1 aromatic heterocycles. The number of nitrogens with zero attached hydrogens (tertiary/aromatic N) is 2. The van der Waals surface area contributed by atoms with Gasteiger partial charge in [0, 0.05) is 31.9 Å². The zero-order valence-electron chi connectivity index (χ0n) is 11.7. The standard InChI is InChI=1S/C14H16ClN3O2S/c1-16-14-8-7-12(9-17-14)21(19,20)18(2)10-11-5-3-4-6-13(11)15/h3-9H,10H2,1-2H3,(H,16,17). The SMILES string of the molecule is CNc1ccc(S(=O)(=O)N(C)Cc2ccccc2Cl)cn1. The molecule has 5 nitrogen and oxygen atoms in total. The summed E-state index contributed by atoms with van der Waals surface area (Å²) in [6.07, 6.45) is 1.34. The van der Waals surface area contributed by atoms with Gasteiger partial charge in [0.05, 0.1) is 0 Å². The minimum atomic E-state index is -3.59. The van der Waals surface area contributed by atoms with Crippen LogP contribution in [0.2, 0.25) is 5.02 Å². The fraction of sp³-hybridized carbons (Fsp3) is 0.214. The summed E-state index contributed by atoms with van der Waals surface area (Å²) < 4.78 is 26.2. The van der Waals surface area contributed by atoms with E-state index in [1.54, 1.807) is 31.3 Å². The number of nitrogens with one attached hydrogen (secondary N) is 1. The molecule has 0 bridgehead atoms. The van der Waals surface area contributed by atoms with Gasteiger partial charge in [0.25, 0.3) is 0 Å². The highest BCUT2D eigenvalue weighted by Gasteiger charge is 2.21. The molecule has 0 saturated heterocycles. The van der Waals surface area contributed by atoms with E-state index < -0.39 is 10.0 Å². The third kappa shape index (κ3) is 3.53. The lowest BCUT2D eigenvalue weighted by molar-refractivity contribution is 0.466. The van der Waals surface area contributed by atoms with Crippen molar-refractivity contribution in [2.75, 3.05) is 19.4 Å². The van der Waals surface area contributed by atoms with E-state index in [9.17, 15) is 8.42 Å². The molecular weight excluding hydrogens is 310 g/mol. The molecule has 0 spiro atoms. The number of pyridine rings is 1. The normalized spacial score (nSPS) is 11.6. The summed E-state index contributed by atoms with van der Waals surface area (Å²) in [5.74, 6) is 0.614. The first-order chi connectivity index (χ1) is 9.95. The maximum atomic E-state index is 12.5. The van der Waals surface area contributed by atoms with Crippen LogP contribution in [0.3, 0.4) is 0 Å². The Balaban J connectivity index is 2.24. The Kier molecular flexibility index (Phi) is 4.82. The summed E-state index contributed by atoms with van der Waals surface area (Å²) in [5.41, 5.74) is 0.755. The smallest absolute Gasteiger partial charge is 0.244 e. The topological polar surface area (TPSA) is 62.3 Å². The summed E-state index contributed by atoms with van der Waals surface area (Å²) >= 11 is 6.06. The van der Waals surface area contributed by atoms with Gasteiger partial charge in [0.15, 0.2) is 0 Å². The van der Waals surface area contributed by atoms with Crippen LogP contribution in [0.4, 0.5) is 5.82 Å². The van der Waals surface area contributed by atoms with Crippen LogP contribution in [-0.2, 0) is 16.6 Å². The first-order valence-corrected chi connectivity index (χ1v) is 8.10. The molecule has 0 aliphatic rings. The molecule has 112 valence electrons. The molecule has 1 aromatic carbocycles. The first-order valence-electron chi connectivity index (χ1n) is 6.28.